The molecule has 1 aromatic carbocycles. The van der Waals surface area contributed by atoms with Gasteiger partial charge in [-0.1, -0.05) is 17.7 Å². The number of aliphatic hydroxyl groups is 1. The van der Waals surface area contributed by atoms with Crippen molar-refractivity contribution in [2.45, 2.75) is 13.8 Å². The van der Waals surface area contributed by atoms with E-state index in [-0.39, 0.29) is 6.61 Å². The molecule has 3 heteroatoms. The number of hydrogen-bond donors (Lipinski definition) is 1. The number of ether oxygens (including phenoxy) is 2. The van der Waals surface area contributed by atoms with Crippen molar-refractivity contribution in [1.82, 2.24) is 0 Å². The normalized spacial score (nSPS) is 10.3. The highest BCUT2D eigenvalue weighted by atomic mass is 16.5. The Balaban J connectivity index is 2.31. The van der Waals surface area contributed by atoms with Crippen molar-refractivity contribution < 1.29 is 14.6 Å². The van der Waals surface area contributed by atoms with E-state index in [1.54, 1.807) is 0 Å². The molecule has 1 aromatic rings. The number of aliphatic hydroxyl groups excluding tert-OH is 1. The van der Waals surface area contributed by atoms with Crippen molar-refractivity contribution in [3.05, 3.63) is 29.3 Å². The second-order valence-corrected chi connectivity index (χ2v) is 3.45. The fourth-order valence-electron chi connectivity index (χ4n) is 1.34. The Hall–Kier alpha value is -1.06. The zero-order valence-electron chi connectivity index (χ0n) is 9.32. The summed E-state index contributed by atoms with van der Waals surface area (Å²) in [4.78, 5) is 0. The minimum Gasteiger partial charge on any atom is -0.491 e. The van der Waals surface area contributed by atoms with Crippen LogP contribution in [-0.4, -0.2) is 31.5 Å². The van der Waals surface area contributed by atoms with Crippen molar-refractivity contribution in [1.29, 1.82) is 0 Å². The summed E-state index contributed by atoms with van der Waals surface area (Å²) in [6.07, 6.45) is 0. The van der Waals surface area contributed by atoms with Gasteiger partial charge in [-0.15, -0.1) is 0 Å². The third-order valence-electron chi connectivity index (χ3n) is 2.05. The van der Waals surface area contributed by atoms with E-state index in [2.05, 4.69) is 13.0 Å². The van der Waals surface area contributed by atoms with Crippen LogP contribution in [0.2, 0.25) is 0 Å². The van der Waals surface area contributed by atoms with Gasteiger partial charge in [0.05, 0.1) is 19.8 Å². The maximum atomic E-state index is 8.49. The molecule has 0 saturated heterocycles. The van der Waals surface area contributed by atoms with Crippen LogP contribution in [-0.2, 0) is 4.74 Å². The lowest BCUT2D eigenvalue weighted by molar-refractivity contribution is 0.0704. The first-order valence-electron chi connectivity index (χ1n) is 5.12. The average Bonchev–Trinajstić information content (AvgIpc) is 2.20. The van der Waals surface area contributed by atoms with Gasteiger partial charge in [-0.3, -0.25) is 0 Å². The minimum absolute atomic E-state index is 0.0591. The third kappa shape index (κ3) is 4.32. The molecule has 0 fully saturated rings. The van der Waals surface area contributed by atoms with Crippen LogP contribution >= 0.6 is 0 Å². The molecule has 1 N–H and O–H groups in total. The molecule has 3 nitrogen and oxygen atoms in total. The smallest absolute Gasteiger partial charge is 0.122 e. The average molecular weight is 210 g/mol. The Morgan fingerprint density at radius 1 is 1.13 bits per heavy atom. The summed E-state index contributed by atoms with van der Waals surface area (Å²) in [6.45, 7) is 5.54. The van der Waals surface area contributed by atoms with Gasteiger partial charge in [0.1, 0.15) is 12.4 Å². The lowest BCUT2D eigenvalue weighted by Gasteiger charge is -2.09. The van der Waals surface area contributed by atoms with Crippen LogP contribution in [0, 0.1) is 13.8 Å². The van der Waals surface area contributed by atoms with Gasteiger partial charge in [0.25, 0.3) is 0 Å². The molecule has 0 unspecified atom stereocenters. The first kappa shape index (κ1) is 12.0. The highest BCUT2D eigenvalue weighted by Gasteiger charge is 1.98. The number of rotatable bonds is 6. The van der Waals surface area contributed by atoms with E-state index in [1.807, 2.05) is 19.1 Å². The predicted octanol–water partition coefficient (Wildman–Crippen LogP) is 1.69. The van der Waals surface area contributed by atoms with Crippen molar-refractivity contribution in [2.24, 2.45) is 0 Å². The van der Waals surface area contributed by atoms with Gasteiger partial charge < -0.3 is 14.6 Å². The minimum atomic E-state index is 0.0591. The predicted molar refractivity (Wildman–Crippen MR) is 59.3 cm³/mol. The topological polar surface area (TPSA) is 38.7 Å². The van der Waals surface area contributed by atoms with E-state index in [1.165, 1.54) is 5.56 Å². The lowest BCUT2D eigenvalue weighted by atomic mass is 10.1. The molecule has 0 aliphatic carbocycles. The summed E-state index contributed by atoms with van der Waals surface area (Å²) in [7, 11) is 0. The highest BCUT2D eigenvalue weighted by molar-refractivity contribution is 5.35. The van der Waals surface area contributed by atoms with Crippen LogP contribution in [0.4, 0.5) is 0 Å². The number of aryl methyl sites for hydroxylation is 2. The molecule has 15 heavy (non-hydrogen) atoms. The molecule has 0 saturated carbocycles. The summed E-state index contributed by atoms with van der Waals surface area (Å²) in [5, 5.41) is 8.49. The molecule has 84 valence electrons. The van der Waals surface area contributed by atoms with Gasteiger partial charge in [0, 0.05) is 0 Å². The first-order valence-corrected chi connectivity index (χ1v) is 5.12. The molecule has 0 spiro atoms. The Bertz CT molecular complexity index is 297. The molecule has 0 radical (unpaired) electrons. The molecular weight excluding hydrogens is 192 g/mol. The molecule has 0 amide bonds. The third-order valence-corrected chi connectivity index (χ3v) is 2.05. The van der Waals surface area contributed by atoms with E-state index in [0.717, 1.165) is 11.3 Å². The fourth-order valence-corrected chi connectivity index (χ4v) is 1.34. The van der Waals surface area contributed by atoms with Crippen molar-refractivity contribution in [3.63, 3.8) is 0 Å². The van der Waals surface area contributed by atoms with Crippen LogP contribution in [0.15, 0.2) is 18.2 Å². The number of benzene rings is 1. The molecule has 0 bridgehead atoms. The van der Waals surface area contributed by atoms with E-state index in [9.17, 15) is 0 Å². The molecule has 0 aliphatic heterocycles. The van der Waals surface area contributed by atoms with Gasteiger partial charge in [-0.2, -0.15) is 0 Å². The van der Waals surface area contributed by atoms with Crippen molar-refractivity contribution in [2.75, 3.05) is 26.4 Å². The Morgan fingerprint density at radius 3 is 2.60 bits per heavy atom. The van der Waals surface area contributed by atoms with Crippen LogP contribution < -0.4 is 4.74 Å². The first-order chi connectivity index (χ1) is 7.24. The van der Waals surface area contributed by atoms with Crippen molar-refractivity contribution in [3.8, 4) is 5.75 Å². The lowest BCUT2D eigenvalue weighted by Crippen LogP contribution is -2.09. The standard InChI is InChI=1S/C12H18O3/c1-10-3-4-12(11(2)9-10)15-8-7-14-6-5-13/h3-4,9,13H,5-8H2,1-2H3. The largest absolute Gasteiger partial charge is 0.491 e. The van der Waals surface area contributed by atoms with Crippen molar-refractivity contribution >= 4 is 0 Å². The van der Waals surface area contributed by atoms with E-state index >= 15 is 0 Å². The summed E-state index contributed by atoms with van der Waals surface area (Å²) in [5.74, 6) is 0.896. The Labute approximate surface area is 90.6 Å². The molecule has 0 heterocycles. The molecular formula is C12H18O3. The van der Waals surface area contributed by atoms with Gasteiger partial charge in [-0.05, 0) is 25.5 Å². The van der Waals surface area contributed by atoms with Gasteiger partial charge in [0.2, 0.25) is 0 Å². The summed E-state index contributed by atoms with van der Waals surface area (Å²) < 4.78 is 10.6. The zero-order valence-corrected chi connectivity index (χ0v) is 9.32. The second-order valence-electron chi connectivity index (χ2n) is 3.45. The van der Waals surface area contributed by atoms with E-state index in [0.29, 0.717) is 19.8 Å². The summed E-state index contributed by atoms with van der Waals surface area (Å²) >= 11 is 0. The summed E-state index contributed by atoms with van der Waals surface area (Å²) in [5.41, 5.74) is 2.37. The van der Waals surface area contributed by atoms with Crippen LogP contribution in [0.3, 0.4) is 0 Å². The highest BCUT2D eigenvalue weighted by Crippen LogP contribution is 2.18. The van der Waals surface area contributed by atoms with Crippen LogP contribution in [0.1, 0.15) is 11.1 Å². The Morgan fingerprint density at radius 2 is 1.93 bits per heavy atom. The van der Waals surface area contributed by atoms with Gasteiger partial charge in [0.15, 0.2) is 0 Å². The van der Waals surface area contributed by atoms with Crippen LogP contribution in [0.5, 0.6) is 5.75 Å². The molecule has 0 aliphatic rings. The zero-order chi connectivity index (χ0) is 11.1. The van der Waals surface area contributed by atoms with Crippen LogP contribution in [0.25, 0.3) is 0 Å². The number of hydrogen-bond acceptors (Lipinski definition) is 3. The van der Waals surface area contributed by atoms with E-state index in [4.69, 9.17) is 14.6 Å². The molecule has 0 atom stereocenters. The fraction of sp³-hybridized carbons (Fsp3) is 0.500. The Kier molecular flexibility index (Phi) is 5.15. The maximum Gasteiger partial charge on any atom is 0.122 e. The second kappa shape index (κ2) is 6.43. The summed E-state index contributed by atoms with van der Waals surface area (Å²) in [6, 6.07) is 6.08. The van der Waals surface area contributed by atoms with E-state index < -0.39 is 0 Å². The SMILES string of the molecule is Cc1ccc(OCCOCCO)c(C)c1. The van der Waals surface area contributed by atoms with Gasteiger partial charge >= 0.3 is 0 Å². The monoisotopic (exact) mass is 210 g/mol. The molecule has 0 aromatic heterocycles. The maximum absolute atomic E-state index is 8.49. The molecule has 1 rings (SSSR count). The van der Waals surface area contributed by atoms with Gasteiger partial charge in [-0.25, -0.2) is 0 Å². The quantitative estimate of drug-likeness (QED) is 0.726.